The first-order valence-corrected chi connectivity index (χ1v) is 7.57. The first-order chi connectivity index (χ1) is 10.6. The number of thiocarbonyl (C=S) groups is 1. The molecule has 0 aliphatic rings. The molecule has 2 aromatic rings. The third-order valence-corrected chi connectivity index (χ3v) is 3.65. The van der Waals surface area contributed by atoms with Gasteiger partial charge >= 0.3 is 0 Å². The molecular formula is C17H20N2O2S. The summed E-state index contributed by atoms with van der Waals surface area (Å²) < 4.78 is 0. The number of nitrogens with one attached hydrogen (secondary N) is 2. The zero-order valence-electron chi connectivity index (χ0n) is 12.4. The van der Waals surface area contributed by atoms with Crippen molar-refractivity contribution >= 4 is 17.3 Å². The number of phenolic OH excluding ortho intramolecular Hbond substituents is 2. The minimum atomic E-state index is -0.00257. The van der Waals surface area contributed by atoms with Gasteiger partial charge in [-0.2, -0.15) is 0 Å². The number of benzene rings is 2. The summed E-state index contributed by atoms with van der Waals surface area (Å²) in [5, 5.41) is 26.0. The van der Waals surface area contributed by atoms with Crippen LogP contribution >= 0.6 is 12.2 Å². The fraction of sp³-hybridized carbons (Fsp3) is 0.235. The van der Waals surface area contributed by atoms with Crippen molar-refractivity contribution in [3.8, 4) is 11.5 Å². The van der Waals surface area contributed by atoms with Gasteiger partial charge in [-0.05, 0) is 54.9 Å². The maximum Gasteiger partial charge on any atom is 0.166 e. The van der Waals surface area contributed by atoms with E-state index in [1.165, 1.54) is 0 Å². The van der Waals surface area contributed by atoms with Crippen LogP contribution in [-0.4, -0.2) is 21.9 Å². The number of hydrogen-bond donors (Lipinski definition) is 4. The maximum absolute atomic E-state index is 9.70. The van der Waals surface area contributed by atoms with Crippen LogP contribution in [0.25, 0.3) is 0 Å². The van der Waals surface area contributed by atoms with E-state index >= 15 is 0 Å². The van der Waals surface area contributed by atoms with Crippen LogP contribution in [0.15, 0.2) is 48.5 Å². The fourth-order valence-electron chi connectivity index (χ4n) is 2.16. The largest absolute Gasteiger partial charge is 0.508 e. The number of rotatable bonds is 5. The van der Waals surface area contributed by atoms with E-state index in [-0.39, 0.29) is 11.8 Å². The molecule has 2 rings (SSSR count). The Morgan fingerprint density at radius 3 is 2.64 bits per heavy atom. The molecule has 0 aliphatic heterocycles. The lowest BCUT2D eigenvalue weighted by Crippen LogP contribution is -2.37. The molecule has 0 spiro atoms. The summed E-state index contributed by atoms with van der Waals surface area (Å²) in [6.07, 6.45) is 0.689. The number of aromatic hydroxyl groups is 2. The predicted molar refractivity (Wildman–Crippen MR) is 92.1 cm³/mol. The van der Waals surface area contributed by atoms with Crippen LogP contribution in [0.2, 0.25) is 0 Å². The smallest absolute Gasteiger partial charge is 0.166 e. The fourth-order valence-corrected chi connectivity index (χ4v) is 2.44. The van der Waals surface area contributed by atoms with Crippen molar-refractivity contribution < 1.29 is 10.2 Å². The molecule has 4 N–H and O–H groups in total. The standard InChI is InChI=1S/C17H20N2O2S/c1-12(14-6-4-7-15(20)11-14)19-17(22)18-10-9-13-5-2-3-8-16(13)21/h2-8,11-12,20-21H,9-10H2,1H3,(H2,18,19,22)/t12-/m1/s1. The molecule has 0 fully saturated rings. The molecule has 0 radical (unpaired) electrons. The highest BCUT2D eigenvalue weighted by atomic mass is 32.1. The van der Waals surface area contributed by atoms with Gasteiger partial charge in [-0.15, -0.1) is 0 Å². The van der Waals surface area contributed by atoms with Gasteiger partial charge in [-0.25, -0.2) is 0 Å². The van der Waals surface area contributed by atoms with Crippen LogP contribution in [0.4, 0.5) is 0 Å². The van der Waals surface area contributed by atoms with Crippen LogP contribution in [0, 0.1) is 0 Å². The summed E-state index contributed by atoms with van der Waals surface area (Å²) in [5.74, 6) is 0.542. The first kappa shape index (κ1) is 16.1. The second kappa shape index (κ2) is 7.66. The summed E-state index contributed by atoms with van der Waals surface area (Å²) in [4.78, 5) is 0. The lowest BCUT2D eigenvalue weighted by Gasteiger charge is -2.17. The molecule has 5 heteroatoms. The van der Waals surface area contributed by atoms with E-state index in [0.29, 0.717) is 23.8 Å². The molecule has 0 aromatic heterocycles. The maximum atomic E-state index is 9.70. The molecule has 4 nitrogen and oxygen atoms in total. The van der Waals surface area contributed by atoms with E-state index in [1.54, 1.807) is 30.3 Å². The number of hydrogen-bond acceptors (Lipinski definition) is 3. The van der Waals surface area contributed by atoms with E-state index in [4.69, 9.17) is 12.2 Å². The summed E-state index contributed by atoms with van der Waals surface area (Å²) in [6, 6.07) is 14.3. The van der Waals surface area contributed by atoms with Crippen molar-refractivity contribution in [1.82, 2.24) is 10.6 Å². The minimum Gasteiger partial charge on any atom is -0.508 e. The predicted octanol–water partition coefficient (Wildman–Crippen LogP) is 2.87. The van der Waals surface area contributed by atoms with E-state index in [0.717, 1.165) is 11.1 Å². The van der Waals surface area contributed by atoms with Crippen molar-refractivity contribution in [2.45, 2.75) is 19.4 Å². The second-order valence-electron chi connectivity index (χ2n) is 5.10. The molecule has 0 bridgehead atoms. The Morgan fingerprint density at radius 1 is 1.14 bits per heavy atom. The molecule has 0 saturated heterocycles. The zero-order chi connectivity index (χ0) is 15.9. The third-order valence-electron chi connectivity index (χ3n) is 3.39. The second-order valence-corrected chi connectivity index (χ2v) is 5.50. The van der Waals surface area contributed by atoms with E-state index in [2.05, 4.69) is 10.6 Å². The normalized spacial score (nSPS) is 11.7. The molecule has 0 aliphatic carbocycles. The van der Waals surface area contributed by atoms with Gasteiger partial charge in [0.25, 0.3) is 0 Å². The Labute approximate surface area is 135 Å². The molecule has 0 unspecified atom stereocenters. The van der Waals surface area contributed by atoms with Gasteiger partial charge in [0.1, 0.15) is 11.5 Å². The van der Waals surface area contributed by atoms with Crippen molar-refractivity contribution in [3.05, 3.63) is 59.7 Å². The molecule has 116 valence electrons. The quantitative estimate of drug-likeness (QED) is 0.639. The summed E-state index contributed by atoms with van der Waals surface area (Å²) >= 11 is 5.26. The lowest BCUT2D eigenvalue weighted by atomic mass is 10.1. The monoisotopic (exact) mass is 316 g/mol. The molecule has 0 heterocycles. The molecule has 0 saturated carbocycles. The van der Waals surface area contributed by atoms with Gasteiger partial charge in [0.05, 0.1) is 6.04 Å². The van der Waals surface area contributed by atoms with Crippen LogP contribution in [-0.2, 0) is 6.42 Å². The van der Waals surface area contributed by atoms with Gasteiger partial charge in [0.2, 0.25) is 0 Å². The third kappa shape index (κ3) is 4.63. The molecule has 1 atom stereocenters. The van der Waals surface area contributed by atoms with Gasteiger partial charge in [-0.3, -0.25) is 0 Å². The summed E-state index contributed by atoms with van der Waals surface area (Å²) in [6.45, 7) is 2.61. The summed E-state index contributed by atoms with van der Waals surface area (Å²) in [5.41, 5.74) is 1.85. The SMILES string of the molecule is C[C@@H](NC(=S)NCCc1ccccc1O)c1cccc(O)c1. The molecular weight excluding hydrogens is 296 g/mol. The van der Waals surface area contributed by atoms with Crippen LogP contribution in [0.1, 0.15) is 24.1 Å². The lowest BCUT2D eigenvalue weighted by molar-refractivity contribution is 0.467. The van der Waals surface area contributed by atoms with Gasteiger partial charge < -0.3 is 20.8 Å². The summed E-state index contributed by atoms with van der Waals surface area (Å²) in [7, 11) is 0. The highest BCUT2D eigenvalue weighted by Gasteiger charge is 2.07. The van der Waals surface area contributed by atoms with E-state index in [1.807, 2.05) is 25.1 Å². The Hall–Kier alpha value is -2.27. The average molecular weight is 316 g/mol. The van der Waals surface area contributed by atoms with Crippen molar-refractivity contribution in [2.24, 2.45) is 0 Å². The topological polar surface area (TPSA) is 64.5 Å². The van der Waals surface area contributed by atoms with Crippen molar-refractivity contribution in [2.75, 3.05) is 6.54 Å². The Morgan fingerprint density at radius 2 is 1.91 bits per heavy atom. The zero-order valence-corrected chi connectivity index (χ0v) is 13.2. The minimum absolute atomic E-state index is 0.00257. The number of para-hydroxylation sites is 1. The van der Waals surface area contributed by atoms with E-state index < -0.39 is 0 Å². The Kier molecular flexibility index (Phi) is 5.61. The molecule has 0 amide bonds. The Bertz CT molecular complexity index is 646. The van der Waals surface area contributed by atoms with Crippen LogP contribution in [0.5, 0.6) is 11.5 Å². The van der Waals surface area contributed by atoms with Gasteiger partial charge in [-0.1, -0.05) is 30.3 Å². The van der Waals surface area contributed by atoms with Crippen molar-refractivity contribution in [3.63, 3.8) is 0 Å². The Balaban J connectivity index is 1.79. The van der Waals surface area contributed by atoms with E-state index in [9.17, 15) is 10.2 Å². The van der Waals surface area contributed by atoms with Gasteiger partial charge in [0.15, 0.2) is 5.11 Å². The van der Waals surface area contributed by atoms with Crippen LogP contribution < -0.4 is 10.6 Å². The highest BCUT2D eigenvalue weighted by Crippen LogP contribution is 2.18. The average Bonchev–Trinajstić information content (AvgIpc) is 2.49. The van der Waals surface area contributed by atoms with Crippen molar-refractivity contribution in [1.29, 1.82) is 0 Å². The highest BCUT2D eigenvalue weighted by molar-refractivity contribution is 7.80. The number of phenols is 2. The van der Waals surface area contributed by atoms with Gasteiger partial charge in [0, 0.05) is 6.54 Å². The first-order valence-electron chi connectivity index (χ1n) is 7.16. The molecule has 2 aromatic carbocycles. The molecule has 22 heavy (non-hydrogen) atoms. The van der Waals surface area contributed by atoms with Crippen LogP contribution in [0.3, 0.4) is 0 Å².